The molecule has 11 rings (SSSR count). The predicted molar refractivity (Wildman–Crippen MR) is 279 cm³/mol. The molecule has 11 aliphatic rings. The van der Waals surface area contributed by atoms with Crippen molar-refractivity contribution in [2.45, 2.75) is 281 Å². The number of aliphatic hydroxyl groups is 3. The third-order valence-electron chi connectivity index (χ3n) is 20.1. The van der Waals surface area contributed by atoms with Crippen molar-refractivity contribution in [3.8, 4) is 0 Å². The molecule has 11 saturated heterocycles. The molecule has 0 aliphatic carbocycles. The van der Waals surface area contributed by atoms with E-state index in [9.17, 15) is 46.6 Å². The number of carboxylic acid groups (broad SMARTS) is 1. The van der Waals surface area contributed by atoms with E-state index in [0.717, 1.165) is 12.5 Å². The molecular formula is C55H82O24S2. The minimum absolute atomic E-state index is 0.0125. The zero-order chi connectivity index (χ0) is 58.1. The maximum atomic E-state index is 12.3. The van der Waals surface area contributed by atoms with E-state index in [4.69, 9.17) is 60.8 Å². The van der Waals surface area contributed by atoms with Gasteiger partial charge >= 0.3 is 26.8 Å². The summed E-state index contributed by atoms with van der Waals surface area (Å²) in [6, 6.07) is 0. The van der Waals surface area contributed by atoms with Gasteiger partial charge in [-0.15, -0.1) is 6.58 Å². The van der Waals surface area contributed by atoms with Crippen molar-refractivity contribution in [3.05, 3.63) is 37.0 Å². The summed E-state index contributed by atoms with van der Waals surface area (Å²) in [7, 11) is -9.76. The largest absolute Gasteiger partial charge is 0.481 e. The van der Waals surface area contributed by atoms with Crippen molar-refractivity contribution in [1.29, 1.82) is 0 Å². The van der Waals surface area contributed by atoms with Gasteiger partial charge in [0.25, 0.3) is 0 Å². The van der Waals surface area contributed by atoms with E-state index in [2.05, 4.69) is 38.1 Å². The Labute approximate surface area is 473 Å². The number of ether oxygens (including phenoxy) is 11. The van der Waals surface area contributed by atoms with Crippen molar-refractivity contribution in [3.63, 3.8) is 0 Å². The third kappa shape index (κ3) is 11.8. The van der Waals surface area contributed by atoms with E-state index in [0.29, 0.717) is 69.8 Å². The molecular weight excluding hydrogens is 1110 g/mol. The summed E-state index contributed by atoms with van der Waals surface area (Å²) < 4.78 is 151. The predicted octanol–water partition coefficient (Wildman–Crippen LogP) is 3.18. The second-order valence-corrected chi connectivity index (χ2v) is 28.1. The van der Waals surface area contributed by atoms with Crippen LogP contribution in [0.2, 0.25) is 0 Å². The van der Waals surface area contributed by atoms with Crippen LogP contribution in [-0.4, -0.2) is 215 Å². The van der Waals surface area contributed by atoms with Crippen LogP contribution < -0.4 is 0 Å². The molecule has 26 heteroatoms. The van der Waals surface area contributed by atoms with Crippen LogP contribution in [-0.2, 0) is 86.1 Å². The number of aliphatic hydroxyl groups excluding tert-OH is 2. The standard InChI is InChI=1S/C55H82O24S2/c1-9-29(56)28(50(58)59)11-13-51(4,60)49-27(3)18-38-37(74-49)24-45-55(8,77-38)48(57)47-41(73-45)22-40-46(75-47)26(2)10-14-53(6)43(72-40)25-42-54(7,79-53)15-12-30-31(71-42)19-33-32(68-30)20-34-35(69-33)21-39-36(70-34)23-44(78-81(64,65)66)52(5,76-39)16-17-67-80(61,62)63/h9,11,13,26,28-49,56-57,60H,1,3,10,12,14-25H2,2,4-8H3,(H,58,59)(H,61,62,63)(H,64,65,66)/b13-11+/t26-,28?,29?,30-,31+,32+,33-,34-,35+,36+,37+,38-,39-,40-,41+,42-,43+,44-,45-,46+,47+,48+,49-,51+,52+,53-,54+,55-/m0/s1. The van der Waals surface area contributed by atoms with E-state index >= 15 is 0 Å². The van der Waals surface area contributed by atoms with E-state index in [1.807, 2.05) is 6.92 Å². The van der Waals surface area contributed by atoms with Gasteiger partial charge in [-0.3, -0.25) is 13.9 Å². The van der Waals surface area contributed by atoms with Gasteiger partial charge in [0, 0.05) is 51.4 Å². The SMILES string of the molecule is C=CC(O)C(/C=C/[C@@](C)(O)[C@H]1O[C@@H]2C[C@@H]3O[C@@H]4C[C@@H]5O[C@@H]6C[C@@H]7O[C@@H]8C[C@@H]9O[C@@H]%10C[C@@H]%11O[C@](C)(CCOS(=O)(=O)O)[C@@H](OS(=O)(=O)O)C[C@H]%11O[C@H]%10C[C@H]9O[C@H]8CC[C@@]7(C)O[C@@]6(C)CC[C@H](C)[C@H]5O[C@H]4[C@@H](O)[C@@]3(C)O[C@H]2CC1=C)C(=O)O. The molecule has 11 aliphatic heterocycles. The number of hydrogen-bond acceptors (Lipinski definition) is 21. The molecule has 0 spiro atoms. The van der Waals surface area contributed by atoms with Crippen molar-refractivity contribution in [2.24, 2.45) is 11.8 Å². The van der Waals surface area contributed by atoms with Gasteiger partial charge in [-0.1, -0.05) is 31.7 Å². The quantitative estimate of drug-likeness (QED) is 0.121. The van der Waals surface area contributed by atoms with Gasteiger partial charge in [-0.2, -0.15) is 16.8 Å². The molecule has 0 radical (unpaired) electrons. The number of carboxylic acids is 1. The van der Waals surface area contributed by atoms with E-state index in [1.165, 1.54) is 26.0 Å². The fourth-order valence-electron chi connectivity index (χ4n) is 15.5. The van der Waals surface area contributed by atoms with Gasteiger partial charge in [-0.05, 0) is 78.2 Å². The summed E-state index contributed by atoms with van der Waals surface area (Å²) in [4.78, 5) is 11.9. The molecule has 458 valence electrons. The van der Waals surface area contributed by atoms with E-state index in [1.54, 1.807) is 0 Å². The first-order valence-corrected chi connectivity index (χ1v) is 31.5. The third-order valence-corrected chi connectivity index (χ3v) is 21.0. The lowest BCUT2D eigenvalue weighted by Gasteiger charge is -2.61. The number of rotatable bonds is 12. The highest BCUT2D eigenvalue weighted by atomic mass is 32.3. The van der Waals surface area contributed by atoms with Crippen LogP contribution in [0.5, 0.6) is 0 Å². The fraction of sp³-hybridized carbons (Fsp3) is 0.873. The highest BCUT2D eigenvalue weighted by Crippen LogP contribution is 2.54. The molecule has 11 fully saturated rings. The Balaban J connectivity index is 0.747. The van der Waals surface area contributed by atoms with E-state index in [-0.39, 0.29) is 55.4 Å². The lowest BCUT2D eigenvalue weighted by atomic mass is 9.73. The number of carbonyl (C=O) groups is 1. The van der Waals surface area contributed by atoms with Crippen molar-refractivity contribution in [2.75, 3.05) is 6.61 Å². The first kappa shape index (κ1) is 60.6. The summed E-state index contributed by atoms with van der Waals surface area (Å²) in [6.07, 6.45) is -3.63. The van der Waals surface area contributed by atoms with Crippen molar-refractivity contribution >= 4 is 26.8 Å². The molecule has 0 saturated carbocycles. The molecule has 11 heterocycles. The first-order valence-electron chi connectivity index (χ1n) is 28.7. The van der Waals surface area contributed by atoms with Crippen LogP contribution in [0.15, 0.2) is 37.0 Å². The Morgan fingerprint density at radius 1 is 0.716 bits per heavy atom. The zero-order valence-corrected chi connectivity index (χ0v) is 48.3. The second-order valence-electron chi connectivity index (χ2n) is 26.0. The van der Waals surface area contributed by atoms with Crippen LogP contribution >= 0.6 is 0 Å². The minimum atomic E-state index is -4.96. The van der Waals surface area contributed by atoms with Gasteiger partial charge in [0.1, 0.15) is 41.5 Å². The topological polar surface area (TPSA) is 327 Å². The zero-order valence-electron chi connectivity index (χ0n) is 46.7. The van der Waals surface area contributed by atoms with Crippen LogP contribution in [0.4, 0.5) is 0 Å². The van der Waals surface area contributed by atoms with Gasteiger partial charge in [0.15, 0.2) is 0 Å². The first-order chi connectivity index (χ1) is 37.9. The Kier molecular flexibility index (Phi) is 16.4. The Hall–Kier alpha value is -2.13. The number of hydrogen-bond donors (Lipinski definition) is 6. The highest BCUT2D eigenvalue weighted by Gasteiger charge is 2.65. The van der Waals surface area contributed by atoms with Gasteiger partial charge < -0.3 is 72.5 Å². The molecule has 0 aromatic rings. The summed E-state index contributed by atoms with van der Waals surface area (Å²) in [5.74, 6) is -2.60. The molecule has 6 N–H and O–H groups in total. The van der Waals surface area contributed by atoms with Gasteiger partial charge in [0.05, 0.1) is 127 Å². The summed E-state index contributed by atoms with van der Waals surface area (Å²) in [5, 5.41) is 44.0. The second kappa shape index (κ2) is 21.9. The molecule has 2 unspecified atom stereocenters. The van der Waals surface area contributed by atoms with Crippen LogP contribution in [0.1, 0.15) is 125 Å². The lowest BCUT2D eigenvalue weighted by Crippen LogP contribution is -2.74. The van der Waals surface area contributed by atoms with E-state index < -0.39 is 159 Å². The molecule has 0 amide bonds. The maximum absolute atomic E-state index is 12.3. The van der Waals surface area contributed by atoms with Crippen LogP contribution in [0.3, 0.4) is 0 Å². The molecule has 0 bridgehead atoms. The normalized spacial score (nSPS) is 50.4. The highest BCUT2D eigenvalue weighted by molar-refractivity contribution is 7.81. The van der Waals surface area contributed by atoms with Gasteiger partial charge in [0.2, 0.25) is 0 Å². The Morgan fingerprint density at radius 2 is 1.27 bits per heavy atom. The number of aliphatic carboxylic acids is 1. The van der Waals surface area contributed by atoms with Crippen molar-refractivity contribution < 1.29 is 112 Å². The monoisotopic (exact) mass is 1190 g/mol. The van der Waals surface area contributed by atoms with Crippen LogP contribution in [0.25, 0.3) is 0 Å². The van der Waals surface area contributed by atoms with Crippen LogP contribution in [0, 0.1) is 11.8 Å². The van der Waals surface area contributed by atoms with Gasteiger partial charge in [-0.25, -0.2) is 8.37 Å². The average Bonchev–Trinajstić information content (AvgIpc) is 3.52. The molecule has 0 aromatic carbocycles. The average molecular weight is 1190 g/mol. The maximum Gasteiger partial charge on any atom is 0.397 e. The fourth-order valence-corrected chi connectivity index (χ4v) is 16.4. The number of fused-ring (bicyclic) bond motifs is 10. The summed E-state index contributed by atoms with van der Waals surface area (Å²) in [6.45, 7) is 18.4. The summed E-state index contributed by atoms with van der Waals surface area (Å²) >= 11 is 0. The molecule has 24 nitrogen and oxygen atoms in total. The Morgan fingerprint density at radius 3 is 1.90 bits per heavy atom. The Bertz CT molecular complexity index is 2640. The molecule has 0 aromatic heterocycles. The lowest BCUT2D eigenvalue weighted by molar-refractivity contribution is -0.369. The minimum Gasteiger partial charge on any atom is -0.481 e. The van der Waals surface area contributed by atoms with Crippen molar-refractivity contribution in [1.82, 2.24) is 0 Å². The summed E-state index contributed by atoms with van der Waals surface area (Å²) in [5.41, 5.74) is -5.22. The molecule has 28 atom stereocenters. The smallest absolute Gasteiger partial charge is 0.397 e. The molecule has 81 heavy (non-hydrogen) atoms.